The summed E-state index contributed by atoms with van der Waals surface area (Å²) < 4.78 is 40.2. The predicted octanol–water partition coefficient (Wildman–Crippen LogP) is 3.84. The second kappa shape index (κ2) is 7.39. The van der Waals surface area contributed by atoms with Gasteiger partial charge in [-0.25, -0.2) is 4.68 Å². The number of fused-ring (bicyclic) bond motifs is 1. The van der Waals surface area contributed by atoms with Crippen molar-refractivity contribution in [2.45, 2.75) is 25.1 Å². The van der Waals surface area contributed by atoms with E-state index in [1.165, 1.54) is 30.3 Å². The van der Waals surface area contributed by atoms with Gasteiger partial charge in [0.2, 0.25) is 0 Å². The topological polar surface area (TPSA) is 94.2 Å². The van der Waals surface area contributed by atoms with Crippen molar-refractivity contribution in [2.75, 3.05) is 13.1 Å². The van der Waals surface area contributed by atoms with Gasteiger partial charge in [0.05, 0.1) is 22.0 Å². The Morgan fingerprint density at radius 3 is 2.37 bits per heavy atom. The van der Waals surface area contributed by atoms with E-state index in [2.05, 4.69) is 10.3 Å². The van der Waals surface area contributed by atoms with Gasteiger partial charge in [0.25, 0.3) is 11.6 Å². The Bertz CT molecular complexity index is 1100. The number of hydrogen-bond donors (Lipinski definition) is 0. The number of carbonyl (C=O) groups excluding carboxylic acids is 1. The molecule has 8 nitrogen and oxygen atoms in total. The average molecular weight is 419 g/mol. The Morgan fingerprint density at radius 1 is 1.10 bits per heavy atom. The Hall–Kier alpha value is -3.50. The first-order chi connectivity index (χ1) is 14.2. The lowest BCUT2D eigenvalue weighted by Crippen LogP contribution is -2.39. The summed E-state index contributed by atoms with van der Waals surface area (Å²) in [5.41, 5.74) is 0.199. The molecule has 0 N–H and O–H groups in total. The van der Waals surface area contributed by atoms with E-state index in [-0.39, 0.29) is 23.2 Å². The van der Waals surface area contributed by atoms with Gasteiger partial charge in [-0.2, -0.15) is 13.2 Å². The summed E-state index contributed by atoms with van der Waals surface area (Å²) >= 11 is 0. The molecular formula is C19H16F3N5O3. The number of carbonyl (C=O) groups is 1. The van der Waals surface area contributed by atoms with Crippen LogP contribution in [0.3, 0.4) is 0 Å². The SMILES string of the molecule is O=C(c1ccc([N+](=O)[O-])cc1)N1CCC(n2nnc3cc(C(F)(F)F)ccc32)CC1. The van der Waals surface area contributed by atoms with Crippen molar-refractivity contribution < 1.29 is 22.9 Å². The smallest absolute Gasteiger partial charge is 0.338 e. The number of nitro benzene ring substituents is 1. The fourth-order valence-corrected chi connectivity index (χ4v) is 3.61. The zero-order chi connectivity index (χ0) is 21.5. The number of aromatic nitrogens is 3. The molecule has 0 aliphatic carbocycles. The van der Waals surface area contributed by atoms with E-state index < -0.39 is 16.7 Å². The number of halogens is 3. The van der Waals surface area contributed by atoms with Gasteiger partial charge in [-0.05, 0) is 43.2 Å². The van der Waals surface area contributed by atoms with Crippen molar-refractivity contribution in [1.29, 1.82) is 0 Å². The molecular weight excluding hydrogens is 403 g/mol. The van der Waals surface area contributed by atoms with E-state index in [4.69, 9.17) is 0 Å². The normalized spacial score (nSPS) is 15.5. The summed E-state index contributed by atoms with van der Waals surface area (Å²) in [4.78, 5) is 24.5. The van der Waals surface area contributed by atoms with Crippen molar-refractivity contribution in [3.05, 3.63) is 63.7 Å². The van der Waals surface area contributed by atoms with Crippen LogP contribution in [0.25, 0.3) is 11.0 Å². The van der Waals surface area contributed by atoms with Gasteiger partial charge in [0.1, 0.15) is 5.52 Å². The molecule has 1 amide bonds. The van der Waals surface area contributed by atoms with Crippen LogP contribution < -0.4 is 0 Å². The van der Waals surface area contributed by atoms with E-state index in [1.54, 1.807) is 9.58 Å². The number of amides is 1. The standard InChI is InChI=1S/C19H16F3N5O3/c20-19(21,22)13-3-6-17-16(11-13)23-24-26(17)14-7-9-25(10-8-14)18(28)12-1-4-15(5-2-12)27(29)30/h1-6,11,14H,7-10H2. The minimum Gasteiger partial charge on any atom is -0.338 e. The molecule has 0 atom stereocenters. The van der Waals surface area contributed by atoms with E-state index in [9.17, 15) is 28.1 Å². The molecule has 0 spiro atoms. The van der Waals surface area contributed by atoms with Gasteiger partial charge in [-0.3, -0.25) is 14.9 Å². The van der Waals surface area contributed by atoms with Crippen LogP contribution in [-0.4, -0.2) is 43.8 Å². The predicted molar refractivity (Wildman–Crippen MR) is 99.8 cm³/mol. The minimum atomic E-state index is -4.44. The second-order valence-electron chi connectivity index (χ2n) is 7.06. The largest absolute Gasteiger partial charge is 0.416 e. The fourth-order valence-electron chi connectivity index (χ4n) is 3.61. The summed E-state index contributed by atoms with van der Waals surface area (Å²) in [6.45, 7) is 0.866. The molecule has 2 aromatic carbocycles. The first kappa shape index (κ1) is 19.8. The quantitative estimate of drug-likeness (QED) is 0.475. The summed E-state index contributed by atoms with van der Waals surface area (Å²) in [7, 11) is 0. The third-order valence-corrected chi connectivity index (χ3v) is 5.22. The Labute approximate surface area is 168 Å². The molecule has 1 aromatic heterocycles. The van der Waals surface area contributed by atoms with Crippen LogP contribution in [-0.2, 0) is 6.18 Å². The van der Waals surface area contributed by atoms with E-state index >= 15 is 0 Å². The Balaban J connectivity index is 1.45. The second-order valence-corrected chi connectivity index (χ2v) is 7.06. The molecule has 30 heavy (non-hydrogen) atoms. The maximum Gasteiger partial charge on any atom is 0.416 e. The van der Waals surface area contributed by atoms with Crippen molar-refractivity contribution in [3.63, 3.8) is 0 Å². The summed E-state index contributed by atoms with van der Waals surface area (Å²) in [5, 5.41) is 18.6. The van der Waals surface area contributed by atoms with Gasteiger partial charge >= 0.3 is 6.18 Å². The van der Waals surface area contributed by atoms with Crippen LogP contribution in [0.2, 0.25) is 0 Å². The fraction of sp³-hybridized carbons (Fsp3) is 0.316. The van der Waals surface area contributed by atoms with E-state index in [1.807, 2.05) is 0 Å². The Morgan fingerprint density at radius 2 is 1.77 bits per heavy atom. The van der Waals surface area contributed by atoms with Crippen molar-refractivity contribution in [2.24, 2.45) is 0 Å². The molecule has 3 aromatic rings. The number of nitrogens with zero attached hydrogens (tertiary/aromatic N) is 5. The lowest BCUT2D eigenvalue weighted by molar-refractivity contribution is -0.384. The molecule has 0 radical (unpaired) electrons. The molecule has 0 bridgehead atoms. The van der Waals surface area contributed by atoms with Crippen LogP contribution in [0.15, 0.2) is 42.5 Å². The van der Waals surface area contributed by atoms with Crippen LogP contribution in [0.5, 0.6) is 0 Å². The van der Waals surface area contributed by atoms with Gasteiger partial charge in [-0.15, -0.1) is 5.10 Å². The molecule has 11 heteroatoms. The highest BCUT2D eigenvalue weighted by atomic mass is 19.4. The van der Waals surface area contributed by atoms with Crippen LogP contribution >= 0.6 is 0 Å². The molecule has 4 rings (SSSR count). The number of rotatable bonds is 3. The lowest BCUT2D eigenvalue weighted by Gasteiger charge is -2.32. The molecule has 0 unspecified atom stereocenters. The summed E-state index contributed by atoms with van der Waals surface area (Å²) in [6, 6.07) is 8.69. The number of piperidine rings is 1. The number of likely N-dealkylation sites (tertiary alicyclic amines) is 1. The van der Waals surface area contributed by atoms with Crippen molar-refractivity contribution in [3.8, 4) is 0 Å². The molecule has 1 aliphatic rings. The Kier molecular flexibility index (Phi) is 4.88. The maximum absolute atomic E-state index is 12.9. The third-order valence-electron chi connectivity index (χ3n) is 5.22. The highest BCUT2D eigenvalue weighted by Gasteiger charge is 2.32. The van der Waals surface area contributed by atoms with Gasteiger partial charge < -0.3 is 4.90 Å². The monoisotopic (exact) mass is 419 g/mol. The van der Waals surface area contributed by atoms with Crippen molar-refractivity contribution >= 4 is 22.6 Å². The van der Waals surface area contributed by atoms with Crippen LogP contribution in [0.4, 0.5) is 18.9 Å². The van der Waals surface area contributed by atoms with Crippen LogP contribution in [0, 0.1) is 10.1 Å². The molecule has 0 saturated carbocycles. The zero-order valence-corrected chi connectivity index (χ0v) is 15.5. The van der Waals surface area contributed by atoms with E-state index in [0.717, 1.165) is 12.1 Å². The summed E-state index contributed by atoms with van der Waals surface area (Å²) in [5.74, 6) is -0.221. The average Bonchev–Trinajstić information content (AvgIpc) is 3.16. The minimum absolute atomic E-state index is 0.0861. The highest BCUT2D eigenvalue weighted by molar-refractivity contribution is 5.94. The molecule has 1 aliphatic heterocycles. The molecule has 2 heterocycles. The maximum atomic E-state index is 12.9. The third kappa shape index (κ3) is 3.70. The number of non-ortho nitro benzene ring substituents is 1. The first-order valence-electron chi connectivity index (χ1n) is 9.20. The van der Waals surface area contributed by atoms with E-state index in [0.29, 0.717) is 37.0 Å². The summed E-state index contributed by atoms with van der Waals surface area (Å²) in [6.07, 6.45) is -3.31. The van der Waals surface area contributed by atoms with Crippen molar-refractivity contribution in [1.82, 2.24) is 19.9 Å². The number of alkyl halides is 3. The molecule has 1 saturated heterocycles. The van der Waals surface area contributed by atoms with Gasteiger partial charge in [0.15, 0.2) is 0 Å². The highest BCUT2D eigenvalue weighted by Crippen LogP contribution is 2.32. The van der Waals surface area contributed by atoms with Crippen LogP contribution in [0.1, 0.15) is 34.8 Å². The number of benzene rings is 2. The van der Waals surface area contributed by atoms with Gasteiger partial charge in [-0.1, -0.05) is 5.21 Å². The zero-order valence-electron chi connectivity index (χ0n) is 15.5. The molecule has 156 valence electrons. The van der Waals surface area contributed by atoms with Gasteiger partial charge in [0, 0.05) is 30.8 Å². The lowest BCUT2D eigenvalue weighted by atomic mass is 10.0. The number of hydrogen-bond acceptors (Lipinski definition) is 5. The number of nitro groups is 1. The first-order valence-corrected chi connectivity index (χ1v) is 9.20. The molecule has 1 fully saturated rings.